The quantitative estimate of drug-likeness (QED) is 0.797. The molecule has 1 aliphatic rings. The molecule has 1 heterocycles. The third-order valence-corrected chi connectivity index (χ3v) is 3.80. The first-order valence-electron chi connectivity index (χ1n) is 7.32. The molecular formula is C18H17NO3. The predicted molar refractivity (Wildman–Crippen MR) is 82.8 cm³/mol. The summed E-state index contributed by atoms with van der Waals surface area (Å²) < 4.78 is 5.00. The largest absolute Gasteiger partial charge is 0.448 e. The van der Waals surface area contributed by atoms with Gasteiger partial charge in [0.05, 0.1) is 6.54 Å². The Kier molecular flexibility index (Phi) is 4.19. The van der Waals surface area contributed by atoms with Crippen LogP contribution in [0.1, 0.15) is 15.9 Å². The highest BCUT2D eigenvalue weighted by molar-refractivity contribution is 6.01. The maximum Gasteiger partial charge on any atom is 0.410 e. The molecule has 1 aliphatic heterocycles. The first kappa shape index (κ1) is 14.3. The number of nitrogens with zero attached hydrogens (tertiary/aromatic N) is 1. The number of carbonyl (C=O) groups excluding carboxylic acids is 2. The van der Waals surface area contributed by atoms with E-state index in [9.17, 15) is 9.59 Å². The van der Waals surface area contributed by atoms with Crippen LogP contribution in [-0.2, 0) is 11.2 Å². The molecule has 1 atom stereocenters. The molecule has 1 fully saturated rings. The first-order valence-corrected chi connectivity index (χ1v) is 7.32. The average molecular weight is 295 g/mol. The van der Waals surface area contributed by atoms with Gasteiger partial charge < -0.3 is 4.74 Å². The number of carbonyl (C=O) groups is 2. The van der Waals surface area contributed by atoms with Crippen molar-refractivity contribution in [3.05, 3.63) is 71.8 Å². The SMILES string of the molecule is O=C(c1ccccc1)C(Cc1ccccc1)N1CCOC1=O. The monoisotopic (exact) mass is 295 g/mol. The van der Waals surface area contributed by atoms with Crippen LogP contribution in [-0.4, -0.2) is 36.0 Å². The van der Waals surface area contributed by atoms with Crippen molar-refractivity contribution in [2.45, 2.75) is 12.5 Å². The number of amides is 1. The zero-order valence-electron chi connectivity index (χ0n) is 12.1. The molecule has 2 aromatic carbocycles. The summed E-state index contributed by atoms with van der Waals surface area (Å²) in [5.41, 5.74) is 1.64. The molecule has 0 bridgehead atoms. The summed E-state index contributed by atoms with van der Waals surface area (Å²) >= 11 is 0. The first-order chi connectivity index (χ1) is 10.8. The smallest absolute Gasteiger partial charge is 0.410 e. The number of hydrogen-bond acceptors (Lipinski definition) is 3. The topological polar surface area (TPSA) is 46.6 Å². The van der Waals surface area contributed by atoms with Crippen molar-refractivity contribution >= 4 is 11.9 Å². The molecule has 4 heteroatoms. The summed E-state index contributed by atoms with van der Waals surface area (Å²) in [4.78, 5) is 26.3. The van der Waals surface area contributed by atoms with E-state index in [4.69, 9.17) is 4.74 Å². The fourth-order valence-corrected chi connectivity index (χ4v) is 2.67. The van der Waals surface area contributed by atoms with Crippen LogP contribution < -0.4 is 0 Å². The van der Waals surface area contributed by atoms with Gasteiger partial charge in [0.25, 0.3) is 0 Å². The highest BCUT2D eigenvalue weighted by atomic mass is 16.6. The van der Waals surface area contributed by atoms with E-state index in [0.29, 0.717) is 25.1 Å². The molecule has 0 saturated carbocycles. The molecule has 0 N–H and O–H groups in total. The summed E-state index contributed by atoms with van der Waals surface area (Å²) in [6, 6.07) is 18.3. The van der Waals surface area contributed by atoms with E-state index in [2.05, 4.69) is 0 Å². The van der Waals surface area contributed by atoms with Crippen LogP contribution in [0.25, 0.3) is 0 Å². The van der Waals surface area contributed by atoms with Crippen LogP contribution >= 0.6 is 0 Å². The van der Waals surface area contributed by atoms with Gasteiger partial charge in [0.1, 0.15) is 12.6 Å². The number of hydrogen-bond donors (Lipinski definition) is 0. The highest BCUT2D eigenvalue weighted by Crippen LogP contribution is 2.18. The van der Waals surface area contributed by atoms with Gasteiger partial charge in [-0.25, -0.2) is 4.79 Å². The van der Waals surface area contributed by atoms with Gasteiger partial charge in [-0.3, -0.25) is 9.69 Å². The Labute approximate surface area is 129 Å². The zero-order valence-corrected chi connectivity index (χ0v) is 12.1. The van der Waals surface area contributed by atoms with Gasteiger partial charge in [0, 0.05) is 12.0 Å². The van der Waals surface area contributed by atoms with Crippen molar-refractivity contribution in [3.63, 3.8) is 0 Å². The van der Waals surface area contributed by atoms with E-state index in [1.54, 1.807) is 12.1 Å². The Morgan fingerprint density at radius 2 is 1.68 bits per heavy atom. The zero-order chi connectivity index (χ0) is 15.4. The number of benzene rings is 2. The second-order valence-electron chi connectivity index (χ2n) is 5.24. The van der Waals surface area contributed by atoms with E-state index < -0.39 is 12.1 Å². The molecule has 1 unspecified atom stereocenters. The second kappa shape index (κ2) is 6.43. The minimum atomic E-state index is -0.528. The Balaban J connectivity index is 1.89. The van der Waals surface area contributed by atoms with E-state index in [1.165, 1.54) is 4.90 Å². The molecule has 1 amide bonds. The van der Waals surface area contributed by atoms with Crippen molar-refractivity contribution in [1.82, 2.24) is 4.90 Å². The molecular weight excluding hydrogens is 278 g/mol. The normalized spacial score (nSPS) is 15.5. The average Bonchev–Trinajstić information content (AvgIpc) is 3.00. The molecule has 0 radical (unpaired) electrons. The van der Waals surface area contributed by atoms with Crippen molar-refractivity contribution in [2.75, 3.05) is 13.2 Å². The maximum absolute atomic E-state index is 12.8. The van der Waals surface area contributed by atoms with Crippen molar-refractivity contribution in [2.24, 2.45) is 0 Å². The van der Waals surface area contributed by atoms with Gasteiger partial charge in [0.2, 0.25) is 0 Å². The molecule has 0 aromatic heterocycles. The minimum Gasteiger partial charge on any atom is -0.448 e. The Bertz CT molecular complexity index is 655. The Morgan fingerprint density at radius 3 is 2.27 bits per heavy atom. The standard InChI is InChI=1S/C18H17NO3/c20-17(15-9-5-2-6-10-15)16(19-11-12-22-18(19)21)13-14-7-3-1-4-8-14/h1-10,16H,11-13H2. The Hall–Kier alpha value is -2.62. The van der Waals surface area contributed by atoms with Gasteiger partial charge >= 0.3 is 6.09 Å². The maximum atomic E-state index is 12.8. The second-order valence-corrected chi connectivity index (χ2v) is 5.24. The van der Waals surface area contributed by atoms with Gasteiger partial charge in [-0.05, 0) is 5.56 Å². The van der Waals surface area contributed by atoms with Crippen LogP contribution in [0, 0.1) is 0 Å². The molecule has 0 aliphatic carbocycles. The molecule has 0 spiro atoms. The van der Waals surface area contributed by atoms with Crippen molar-refractivity contribution in [1.29, 1.82) is 0 Å². The van der Waals surface area contributed by atoms with Gasteiger partial charge in [0.15, 0.2) is 5.78 Å². The van der Waals surface area contributed by atoms with Crippen LogP contribution in [0.15, 0.2) is 60.7 Å². The van der Waals surface area contributed by atoms with E-state index >= 15 is 0 Å². The van der Waals surface area contributed by atoms with Crippen molar-refractivity contribution < 1.29 is 14.3 Å². The number of Topliss-reactive ketones (excluding diaryl/α,β-unsaturated/α-hetero) is 1. The van der Waals surface area contributed by atoms with E-state index in [1.807, 2.05) is 48.5 Å². The highest BCUT2D eigenvalue weighted by Gasteiger charge is 2.34. The summed E-state index contributed by atoms with van der Waals surface area (Å²) in [6.45, 7) is 0.793. The van der Waals surface area contributed by atoms with Gasteiger partial charge in [-0.1, -0.05) is 60.7 Å². The number of cyclic esters (lactones) is 1. The summed E-state index contributed by atoms with van der Waals surface area (Å²) in [5, 5.41) is 0. The summed E-state index contributed by atoms with van der Waals surface area (Å²) in [7, 11) is 0. The van der Waals surface area contributed by atoms with Crippen LogP contribution in [0.4, 0.5) is 4.79 Å². The molecule has 3 rings (SSSR count). The van der Waals surface area contributed by atoms with E-state index in [0.717, 1.165) is 5.56 Å². The Morgan fingerprint density at radius 1 is 1.05 bits per heavy atom. The molecule has 2 aromatic rings. The predicted octanol–water partition coefficient (Wildman–Crippen LogP) is 2.93. The lowest BCUT2D eigenvalue weighted by Crippen LogP contribution is -2.43. The summed E-state index contributed by atoms with van der Waals surface area (Å²) in [5.74, 6) is -0.0525. The third-order valence-electron chi connectivity index (χ3n) is 3.80. The van der Waals surface area contributed by atoms with Crippen LogP contribution in [0.5, 0.6) is 0 Å². The lowest BCUT2D eigenvalue weighted by atomic mass is 9.96. The van der Waals surface area contributed by atoms with Gasteiger partial charge in [-0.15, -0.1) is 0 Å². The fraction of sp³-hybridized carbons (Fsp3) is 0.222. The van der Waals surface area contributed by atoms with Crippen LogP contribution in [0.2, 0.25) is 0 Å². The number of ketones is 1. The minimum absolute atomic E-state index is 0.0525. The fourth-order valence-electron chi connectivity index (χ4n) is 2.67. The lowest BCUT2D eigenvalue weighted by Gasteiger charge is -2.24. The summed E-state index contributed by atoms with van der Waals surface area (Å²) in [6.07, 6.45) is 0.0779. The van der Waals surface area contributed by atoms with Gasteiger partial charge in [-0.2, -0.15) is 0 Å². The van der Waals surface area contributed by atoms with E-state index in [-0.39, 0.29) is 5.78 Å². The number of ether oxygens (including phenoxy) is 1. The lowest BCUT2D eigenvalue weighted by molar-refractivity contribution is 0.0852. The number of rotatable bonds is 5. The van der Waals surface area contributed by atoms with Crippen molar-refractivity contribution in [3.8, 4) is 0 Å². The molecule has 22 heavy (non-hydrogen) atoms. The molecule has 4 nitrogen and oxygen atoms in total. The third kappa shape index (κ3) is 3.01. The molecule has 1 saturated heterocycles. The molecule has 112 valence electrons. The van der Waals surface area contributed by atoms with Crippen LogP contribution in [0.3, 0.4) is 0 Å².